The van der Waals surface area contributed by atoms with Crippen molar-refractivity contribution in [2.24, 2.45) is 10.8 Å². The van der Waals surface area contributed by atoms with Gasteiger partial charge in [-0.1, -0.05) is 147 Å². The standard InChI is InChI=1S/2C27H33.2CH3.2ClH.Si.Zr/c2*1-4-11-27(12-6-5-7-13-27)19-22-17-23-9-8-10-25(26(23)18-22)24-15-20(2)14-21(3)16-24;;;;;;/h2*8-10,14-18H,4-7,11-13,19H2,1-3H3;2*1H3;2*1H;;/q4*-1;;;;. The summed E-state index contributed by atoms with van der Waals surface area (Å²) in [6, 6.07) is 37.4. The van der Waals surface area contributed by atoms with Crippen molar-refractivity contribution in [2.75, 3.05) is 0 Å². The minimum atomic E-state index is 0. The molecule has 60 heavy (non-hydrogen) atoms. The molecule has 2 fully saturated rings. The van der Waals surface area contributed by atoms with Gasteiger partial charge in [-0.3, -0.25) is 0 Å². The first-order valence-electron chi connectivity index (χ1n) is 22.0. The molecule has 0 aliphatic heterocycles. The van der Waals surface area contributed by atoms with E-state index < -0.39 is 0 Å². The molecule has 324 valence electrons. The molecule has 0 saturated heterocycles. The van der Waals surface area contributed by atoms with Crippen molar-refractivity contribution in [1.82, 2.24) is 0 Å². The van der Waals surface area contributed by atoms with Gasteiger partial charge in [0.2, 0.25) is 0 Å². The van der Waals surface area contributed by atoms with E-state index in [0.29, 0.717) is 10.8 Å². The van der Waals surface area contributed by atoms with Gasteiger partial charge in [-0.2, -0.15) is 12.1 Å². The minimum absolute atomic E-state index is 0. The van der Waals surface area contributed by atoms with E-state index in [1.165, 1.54) is 192 Å². The molecule has 0 aromatic heterocycles. The number of halogens is 2. The van der Waals surface area contributed by atoms with E-state index in [9.17, 15) is 0 Å². The molecular weight excluding hydrogens is 863 g/mol. The summed E-state index contributed by atoms with van der Waals surface area (Å²) in [6.07, 6.45) is 22.2. The average molecular weight is 937 g/mol. The van der Waals surface area contributed by atoms with Crippen LogP contribution in [0.5, 0.6) is 0 Å². The Morgan fingerprint density at radius 1 is 0.500 bits per heavy atom. The monoisotopic (exact) mass is 934 g/mol. The number of hydrogen-bond acceptors (Lipinski definition) is 0. The van der Waals surface area contributed by atoms with Gasteiger partial charge in [0.1, 0.15) is 0 Å². The number of rotatable bonds is 10. The van der Waals surface area contributed by atoms with Gasteiger partial charge in [-0.25, -0.2) is 0 Å². The van der Waals surface area contributed by atoms with Crippen LogP contribution in [0.4, 0.5) is 0 Å². The van der Waals surface area contributed by atoms with Crippen LogP contribution < -0.4 is 0 Å². The third-order valence-electron chi connectivity index (χ3n) is 13.2. The van der Waals surface area contributed by atoms with Gasteiger partial charge in [0.05, 0.1) is 0 Å². The summed E-state index contributed by atoms with van der Waals surface area (Å²) >= 11 is 1.36. The second-order valence-corrected chi connectivity index (χ2v) is 18.1. The Hall–Kier alpha value is -2.22. The molecule has 6 aromatic rings. The molecule has 0 heterocycles. The predicted octanol–water partition coefficient (Wildman–Crippen LogP) is 17.6. The molecule has 2 radical (unpaired) electrons. The summed E-state index contributed by atoms with van der Waals surface area (Å²) in [7, 11) is 0. The second kappa shape index (κ2) is 25.2. The fraction of sp³-hybridized carbons (Fsp3) is 0.429. The van der Waals surface area contributed by atoms with E-state index in [4.69, 9.17) is 0 Å². The van der Waals surface area contributed by atoms with Gasteiger partial charge >= 0.3 is 30.2 Å². The molecule has 0 N–H and O–H groups in total. The number of hydrogen-bond donors (Lipinski definition) is 0. The molecule has 2 aliphatic rings. The second-order valence-electron chi connectivity index (χ2n) is 18.1. The van der Waals surface area contributed by atoms with Crippen LogP contribution in [-0.4, -0.2) is 6.88 Å². The van der Waals surface area contributed by atoms with E-state index in [-0.39, 0.29) is 39.7 Å². The molecular formula is C56H74Cl2SiZr-4. The molecule has 0 bridgehead atoms. The van der Waals surface area contributed by atoms with Crippen LogP contribution in [-0.2, 0) is 36.2 Å². The molecule has 6 aromatic carbocycles. The number of fused-ring (bicyclic) bond motifs is 2. The maximum absolute atomic E-state index is 3.06. The number of aryl methyl sites for hydroxylation is 4. The van der Waals surface area contributed by atoms with Crippen molar-refractivity contribution in [3.05, 3.63) is 145 Å². The van der Waals surface area contributed by atoms with Crippen LogP contribution in [0, 0.1) is 53.4 Å². The molecule has 2 aliphatic carbocycles. The van der Waals surface area contributed by atoms with Gasteiger partial charge in [0.15, 0.2) is 0 Å². The molecule has 0 amide bonds. The SMILES string of the molecule is CCCC1(Cc2cc3c(-c4cc(C)cc(C)c4)cccc3[cH-]2)CCCCC1.CCCC1(Cc2cc3c(-c4cc(C)cc(C)c4)cccc3[cH-]2)CCCCC1.Cl.Cl.[CH3-].[CH3-].[Si]=[Zr]. The molecule has 4 heteroatoms. The van der Waals surface area contributed by atoms with Crippen LogP contribution in [0.15, 0.2) is 97.1 Å². The summed E-state index contributed by atoms with van der Waals surface area (Å²) in [4.78, 5) is 0. The van der Waals surface area contributed by atoms with Crippen LogP contribution in [0.3, 0.4) is 0 Å². The van der Waals surface area contributed by atoms with Crippen LogP contribution >= 0.6 is 24.8 Å². The van der Waals surface area contributed by atoms with E-state index in [1.807, 2.05) is 0 Å². The number of benzene rings is 4. The maximum atomic E-state index is 3.06. The molecule has 0 atom stereocenters. The molecule has 0 nitrogen and oxygen atoms in total. The van der Waals surface area contributed by atoms with Crippen molar-refractivity contribution in [2.45, 2.75) is 144 Å². The fourth-order valence-electron chi connectivity index (χ4n) is 11.1. The summed E-state index contributed by atoms with van der Waals surface area (Å²) in [6.45, 7) is 16.6. The Kier molecular flexibility index (Phi) is 22.6. The summed E-state index contributed by atoms with van der Waals surface area (Å²) in [5.41, 5.74) is 15.1. The first-order chi connectivity index (χ1) is 27.2. The van der Waals surface area contributed by atoms with Crippen molar-refractivity contribution in [3.63, 3.8) is 0 Å². The molecule has 8 rings (SSSR count). The van der Waals surface area contributed by atoms with Crippen LogP contribution in [0.25, 0.3) is 43.8 Å². The zero-order chi connectivity index (χ0) is 39.7. The third-order valence-corrected chi connectivity index (χ3v) is 13.2. The molecule has 2 saturated carbocycles. The van der Waals surface area contributed by atoms with Gasteiger partial charge < -0.3 is 14.9 Å². The van der Waals surface area contributed by atoms with E-state index >= 15 is 0 Å². The Morgan fingerprint density at radius 3 is 1.15 bits per heavy atom. The van der Waals surface area contributed by atoms with E-state index in [2.05, 4.69) is 145 Å². The Bertz CT molecular complexity index is 1990. The van der Waals surface area contributed by atoms with Gasteiger partial charge in [0, 0.05) is 0 Å². The zero-order valence-electron chi connectivity index (χ0n) is 38.4. The summed E-state index contributed by atoms with van der Waals surface area (Å²) in [5.74, 6) is 0. The quantitative estimate of drug-likeness (QED) is 0.0948. The Morgan fingerprint density at radius 2 is 0.833 bits per heavy atom. The fourth-order valence-corrected chi connectivity index (χ4v) is 11.1. The average Bonchev–Trinajstić information content (AvgIpc) is 3.79. The van der Waals surface area contributed by atoms with Gasteiger partial charge in [0.25, 0.3) is 0 Å². The summed E-state index contributed by atoms with van der Waals surface area (Å²) in [5, 5.41) is 5.67. The predicted molar refractivity (Wildman–Crippen MR) is 270 cm³/mol. The van der Waals surface area contributed by atoms with Crippen molar-refractivity contribution in [3.8, 4) is 22.3 Å². The third kappa shape index (κ3) is 13.4. The first-order valence-corrected chi connectivity index (χ1v) is 26.1. The molecule has 0 spiro atoms. The van der Waals surface area contributed by atoms with Crippen molar-refractivity contribution < 1.29 is 23.3 Å². The Balaban J connectivity index is 0.000000373. The van der Waals surface area contributed by atoms with E-state index in [1.54, 1.807) is 11.1 Å². The first kappa shape index (κ1) is 53.9. The molecule has 0 unspecified atom stereocenters. The van der Waals surface area contributed by atoms with Crippen molar-refractivity contribution >= 4 is 53.2 Å². The Labute approximate surface area is 396 Å². The van der Waals surface area contributed by atoms with Crippen LogP contribution in [0.1, 0.15) is 137 Å². The normalized spacial score (nSPS) is 15.1. The van der Waals surface area contributed by atoms with E-state index in [0.717, 1.165) is 0 Å². The summed E-state index contributed by atoms with van der Waals surface area (Å²) < 4.78 is 0. The topological polar surface area (TPSA) is 0 Å². The van der Waals surface area contributed by atoms with Gasteiger partial charge in [-0.05, 0) is 101 Å². The van der Waals surface area contributed by atoms with Gasteiger partial charge in [-0.15, -0.1) is 93.9 Å². The zero-order valence-corrected chi connectivity index (χ0v) is 43.5. The van der Waals surface area contributed by atoms with Crippen molar-refractivity contribution in [1.29, 1.82) is 0 Å². The van der Waals surface area contributed by atoms with Crippen LogP contribution in [0.2, 0.25) is 0 Å².